The van der Waals surface area contributed by atoms with Crippen LogP contribution in [0.25, 0.3) is 0 Å². The topological polar surface area (TPSA) is 54.5 Å². The molecule has 1 aromatic carbocycles. The standard InChI is InChI=1S/C20H28F3NO3S/c1-13(2)28(26,27)12-16-7-9-24(10-8-16)19(25)11-17-5-6-18(20(21,22)23)15(4)14(17)3/h5-6,13,16H,7-12H2,1-4H3. The number of piperidine rings is 1. The molecule has 1 aliphatic heterocycles. The van der Waals surface area contributed by atoms with E-state index in [1.807, 2.05) is 0 Å². The Morgan fingerprint density at radius 1 is 1.14 bits per heavy atom. The molecule has 1 aromatic rings. The van der Waals surface area contributed by atoms with Gasteiger partial charge in [-0.15, -0.1) is 0 Å². The lowest BCUT2D eigenvalue weighted by molar-refractivity contribution is -0.138. The molecule has 4 nitrogen and oxygen atoms in total. The quantitative estimate of drug-likeness (QED) is 0.727. The fourth-order valence-corrected chi connectivity index (χ4v) is 4.90. The molecule has 0 N–H and O–H groups in total. The second-order valence-corrected chi connectivity index (χ2v) is 10.5. The minimum absolute atomic E-state index is 0.0477. The lowest BCUT2D eigenvalue weighted by atomic mass is 9.94. The molecule has 158 valence electrons. The van der Waals surface area contributed by atoms with Gasteiger partial charge in [0.25, 0.3) is 0 Å². The fraction of sp³-hybridized carbons (Fsp3) is 0.650. The normalized spacial score (nSPS) is 16.6. The summed E-state index contributed by atoms with van der Waals surface area (Å²) >= 11 is 0. The van der Waals surface area contributed by atoms with Crippen LogP contribution in [-0.4, -0.2) is 43.3 Å². The summed E-state index contributed by atoms with van der Waals surface area (Å²) in [7, 11) is -3.11. The van der Waals surface area contributed by atoms with Crippen molar-refractivity contribution in [3.8, 4) is 0 Å². The van der Waals surface area contributed by atoms with Crippen molar-refractivity contribution < 1.29 is 26.4 Å². The zero-order valence-electron chi connectivity index (χ0n) is 16.8. The van der Waals surface area contributed by atoms with E-state index in [-0.39, 0.29) is 29.6 Å². The Balaban J connectivity index is 1.99. The third-order valence-corrected chi connectivity index (χ3v) is 8.07. The van der Waals surface area contributed by atoms with Crippen LogP contribution in [0.4, 0.5) is 13.2 Å². The van der Waals surface area contributed by atoms with Crippen molar-refractivity contribution in [2.75, 3.05) is 18.8 Å². The predicted molar refractivity (Wildman–Crippen MR) is 103 cm³/mol. The molecule has 1 amide bonds. The highest BCUT2D eigenvalue weighted by Crippen LogP contribution is 2.34. The van der Waals surface area contributed by atoms with Gasteiger partial charge >= 0.3 is 6.18 Å². The van der Waals surface area contributed by atoms with Crippen LogP contribution >= 0.6 is 0 Å². The van der Waals surface area contributed by atoms with Crippen LogP contribution in [0.15, 0.2) is 12.1 Å². The number of amides is 1. The van der Waals surface area contributed by atoms with E-state index in [9.17, 15) is 26.4 Å². The Kier molecular flexibility index (Phi) is 6.84. The molecule has 0 spiro atoms. The van der Waals surface area contributed by atoms with Crippen LogP contribution in [0.1, 0.15) is 48.9 Å². The van der Waals surface area contributed by atoms with Gasteiger partial charge in [0.05, 0.1) is 23.0 Å². The van der Waals surface area contributed by atoms with Gasteiger partial charge in [-0.2, -0.15) is 13.2 Å². The van der Waals surface area contributed by atoms with E-state index >= 15 is 0 Å². The van der Waals surface area contributed by atoms with Crippen molar-refractivity contribution in [2.24, 2.45) is 5.92 Å². The summed E-state index contributed by atoms with van der Waals surface area (Å²) in [5.74, 6) is 0.0584. The summed E-state index contributed by atoms with van der Waals surface area (Å²) < 4.78 is 63.1. The first-order valence-electron chi connectivity index (χ1n) is 9.48. The van der Waals surface area contributed by atoms with Crippen molar-refractivity contribution in [1.29, 1.82) is 0 Å². The maximum atomic E-state index is 13.0. The molecule has 0 aromatic heterocycles. The summed E-state index contributed by atoms with van der Waals surface area (Å²) in [6.45, 7) is 7.33. The number of hydrogen-bond acceptors (Lipinski definition) is 3. The molecular formula is C20H28F3NO3S. The molecule has 0 radical (unpaired) electrons. The van der Waals surface area contributed by atoms with Crippen LogP contribution in [0.2, 0.25) is 0 Å². The Morgan fingerprint density at radius 3 is 2.21 bits per heavy atom. The lowest BCUT2D eigenvalue weighted by Gasteiger charge is -2.32. The smallest absolute Gasteiger partial charge is 0.342 e. The van der Waals surface area contributed by atoms with Gasteiger partial charge < -0.3 is 4.90 Å². The molecule has 0 atom stereocenters. The van der Waals surface area contributed by atoms with Crippen molar-refractivity contribution in [2.45, 2.75) is 58.4 Å². The number of carbonyl (C=O) groups excluding carboxylic acids is 1. The highest BCUT2D eigenvalue weighted by molar-refractivity contribution is 7.91. The van der Waals surface area contributed by atoms with Gasteiger partial charge in [-0.1, -0.05) is 6.07 Å². The summed E-state index contributed by atoms with van der Waals surface area (Å²) in [5, 5.41) is -0.405. The van der Waals surface area contributed by atoms with Gasteiger partial charge in [0.1, 0.15) is 0 Å². The van der Waals surface area contributed by atoms with Crippen molar-refractivity contribution in [3.05, 3.63) is 34.4 Å². The van der Waals surface area contributed by atoms with Gasteiger partial charge in [-0.3, -0.25) is 4.79 Å². The van der Waals surface area contributed by atoms with E-state index in [4.69, 9.17) is 0 Å². The first-order chi connectivity index (χ1) is 12.8. The predicted octanol–water partition coefficient (Wildman–Crippen LogP) is 3.93. The Morgan fingerprint density at radius 2 is 1.71 bits per heavy atom. The second-order valence-electron chi connectivity index (χ2n) is 7.90. The summed E-state index contributed by atoms with van der Waals surface area (Å²) in [5.41, 5.74) is 0.560. The molecule has 1 aliphatic rings. The molecule has 0 unspecified atom stereocenters. The van der Waals surface area contributed by atoms with Crippen LogP contribution in [-0.2, 0) is 27.2 Å². The molecule has 0 aliphatic carbocycles. The van der Waals surface area contributed by atoms with Gasteiger partial charge in [0.15, 0.2) is 9.84 Å². The van der Waals surface area contributed by atoms with Crippen LogP contribution in [0.5, 0.6) is 0 Å². The van der Waals surface area contributed by atoms with E-state index in [1.54, 1.807) is 25.7 Å². The molecule has 1 fully saturated rings. The highest BCUT2D eigenvalue weighted by Gasteiger charge is 2.33. The maximum Gasteiger partial charge on any atom is 0.416 e. The number of alkyl halides is 3. The number of hydrogen-bond donors (Lipinski definition) is 0. The Labute approximate surface area is 165 Å². The fourth-order valence-electron chi connectivity index (χ4n) is 3.52. The van der Waals surface area contributed by atoms with E-state index in [1.165, 1.54) is 13.0 Å². The van der Waals surface area contributed by atoms with Gasteiger partial charge in [-0.25, -0.2) is 8.42 Å². The Bertz CT molecular complexity index is 824. The van der Waals surface area contributed by atoms with Crippen LogP contribution < -0.4 is 0 Å². The second kappa shape index (κ2) is 8.43. The minimum Gasteiger partial charge on any atom is -0.342 e. The van der Waals surface area contributed by atoms with Crippen molar-refractivity contribution >= 4 is 15.7 Å². The first kappa shape index (κ1) is 22.7. The number of likely N-dealkylation sites (tertiary alicyclic amines) is 1. The number of carbonyl (C=O) groups is 1. The maximum absolute atomic E-state index is 13.0. The third kappa shape index (κ3) is 5.27. The first-order valence-corrected chi connectivity index (χ1v) is 11.2. The van der Waals surface area contributed by atoms with Gasteiger partial charge in [-0.05, 0) is 69.2 Å². The zero-order chi connectivity index (χ0) is 21.3. The molecule has 28 heavy (non-hydrogen) atoms. The number of nitrogens with zero attached hydrogens (tertiary/aromatic N) is 1. The van der Waals surface area contributed by atoms with Crippen molar-refractivity contribution in [1.82, 2.24) is 4.90 Å². The van der Waals surface area contributed by atoms with Crippen molar-refractivity contribution in [3.63, 3.8) is 0 Å². The molecule has 2 rings (SSSR count). The SMILES string of the molecule is Cc1c(CC(=O)N2CCC(CS(=O)(=O)C(C)C)CC2)ccc(C(F)(F)F)c1C. The summed E-state index contributed by atoms with van der Waals surface area (Å²) in [6, 6.07) is 2.42. The van der Waals surface area contributed by atoms with Gasteiger partial charge in [0, 0.05) is 13.1 Å². The van der Waals surface area contributed by atoms with E-state index in [2.05, 4.69) is 0 Å². The third-order valence-electron chi connectivity index (χ3n) is 5.70. The lowest BCUT2D eigenvalue weighted by Crippen LogP contribution is -2.41. The van der Waals surface area contributed by atoms with Crippen LogP contribution in [0, 0.1) is 19.8 Å². The monoisotopic (exact) mass is 419 g/mol. The Hall–Kier alpha value is -1.57. The van der Waals surface area contributed by atoms with E-state index in [0.29, 0.717) is 37.1 Å². The molecular weight excluding hydrogens is 391 g/mol. The van der Waals surface area contributed by atoms with Gasteiger partial charge in [0.2, 0.25) is 5.91 Å². The van der Waals surface area contributed by atoms with E-state index in [0.717, 1.165) is 6.07 Å². The zero-order valence-corrected chi connectivity index (χ0v) is 17.6. The minimum atomic E-state index is -4.41. The van der Waals surface area contributed by atoms with Crippen LogP contribution in [0.3, 0.4) is 0 Å². The summed E-state index contributed by atoms with van der Waals surface area (Å²) in [6.07, 6.45) is -3.10. The average molecular weight is 420 g/mol. The number of rotatable bonds is 5. The van der Waals surface area contributed by atoms with E-state index < -0.39 is 26.8 Å². The number of benzene rings is 1. The number of sulfone groups is 1. The average Bonchev–Trinajstić information content (AvgIpc) is 2.58. The molecule has 1 heterocycles. The largest absolute Gasteiger partial charge is 0.416 e. The summed E-state index contributed by atoms with van der Waals surface area (Å²) in [4.78, 5) is 14.3. The molecule has 1 saturated heterocycles. The number of halogens is 3. The molecule has 0 bridgehead atoms. The molecule has 8 heteroatoms. The molecule has 0 saturated carbocycles. The highest BCUT2D eigenvalue weighted by atomic mass is 32.2.